The second-order valence-electron chi connectivity index (χ2n) is 4.49. The molecule has 0 aliphatic rings. The van der Waals surface area contributed by atoms with Crippen LogP contribution in [0.3, 0.4) is 0 Å². The third-order valence-corrected chi connectivity index (χ3v) is 2.84. The highest BCUT2D eigenvalue weighted by molar-refractivity contribution is 7.99. The van der Waals surface area contributed by atoms with Crippen molar-refractivity contribution in [3.8, 4) is 0 Å². The molecule has 0 bridgehead atoms. The minimum atomic E-state index is 0.267. The molecule has 0 aliphatic carbocycles. The van der Waals surface area contributed by atoms with Crippen molar-refractivity contribution in [2.24, 2.45) is 0 Å². The summed E-state index contributed by atoms with van der Waals surface area (Å²) in [6.45, 7) is 8.64. The molecular formula is C11H25NOS. The lowest BCUT2D eigenvalue weighted by molar-refractivity contribution is 0.218. The maximum Gasteiger partial charge on any atom is 0.0552 e. The first-order chi connectivity index (χ1) is 6.56. The van der Waals surface area contributed by atoms with Crippen LogP contribution in [0.15, 0.2) is 0 Å². The maximum absolute atomic E-state index is 4.98. The summed E-state index contributed by atoms with van der Waals surface area (Å²) in [6, 6.07) is 0. The number of hydrogen-bond acceptors (Lipinski definition) is 3. The van der Waals surface area contributed by atoms with E-state index in [0.717, 1.165) is 18.9 Å². The number of rotatable bonds is 8. The summed E-state index contributed by atoms with van der Waals surface area (Å²) in [4.78, 5) is 0. The van der Waals surface area contributed by atoms with Crippen molar-refractivity contribution in [2.75, 3.05) is 31.8 Å². The van der Waals surface area contributed by atoms with E-state index >= 15 is 0 Å². The molecule has 1 N–H and O–H groups in total. The molecule has 0 rings (SSSR count). The first-order valence-corrected chi connectivity index (χ1v) is 6.53. The fraction of sp³-hybridized carbons (Fsp3) is 1.00. The van der Waals surface area contributed by atoms with Crippen LogP contribution < -0.4 is 5.32 Å². The molecule has 0 aromatic rings. The Balaban J connectivity index is 2.99. The lowest BCUT2D eigenvalue weighted by atomic mass is 10.1. The van der Waals surface area contributed by atoms with Crippen molar-refractivity contribution >= 4 is 11.8 Å². The molecule has 0 aliphatic heterocycles. The highest BCUT2D eigenvalue weighted by atomic mass is 32.2. The topological polar surface area (TPSA) is 21.3 Å². The molecule has 0 saturated carbocycles. The van der Waals surface area contributed by atoms with Gasteiger partial charge in [0, 0.05) is 18.4 Å². The average Bonchev–Trinajstić information content (AvgIpc) is 2.08. The van der Waals surface area contributed by atoms with Gasteiger partial charge in [0.05, 0.1) is 6.61 Å². The molecule has 3 heteroatoms. The Kier molecular flexibility index (Phi) is 8.73. The van der Waals surface area contributed by atoms with Crippen LogP contribution in [0, 0.1) is 0 Å². The molecule has 0 heterocycles. The highest BCUT2D eigenvalue weighted by Crippen LogP contribution is 2.05. The molecule has 0 aromatic carbocycles. The zero-order valence-corrected chi connectivity index (χ0v) is 10.9. The Morgan fingerprint density at radius 1 is 1.14 bits per heavy atom. The Labute approximate surface area is 93.2 Å². The van der Waals surface area contributed by atoms with Crippen molar-refractivity contribution in [3.63, 3.8) is 0 Å². The van der Waals surface area contributed by atoms with Gasteiger partial charge in [0.2, 0.25) is 0 Å². The van der Waals surface area contributed by atoms with Gasteiger partial charge >= 0.3 is 0 Å². The van der Waals surface area contributed by atoms with Gasteiger partial charge in [-0.05, 0) is 45.9 Å². The van der Waals surface area contributed by atoms with E-state index in [0.29, 0.717) is 0 Å². The zero-order chi connectivity index (χ0) is 10.9. The fourth-order valence-corrected chi connectivity index (χ4v) is 1.93. The molecule has 0 saturated heterocycles. The third-order valence-electron chi connectivity index (χ3n) is 1.80. The lowest BCUT2D eigenvalue weighted by Gasteiger charge is -2.20. The zero-order valence-electron chi connectivity index (χ0n) is 10.1. The number of thioether (sulfide) groups is 1. The first kappa shape index (κ1) is 14.3. The van der Waals surface area contributed by atoms with E-state index in [1.165, 1.54) is 18.6 Å². The second kappa shape index (κ2) is 8.57. The molecule has 0 atom stereocenters. The quantitative estimate of drug-likeness (QED) is 0.634. The molecule has 0 unspecified atom stereocenters. The smallest absolute Gasteiger partial charge is 0.0552 e. The molecule has 14 heavy (non-hydrogen) atoms. The number of methoxy groups -OCH3 is 1. The minimum Gasteiger partial charge on any atom is -0.384 e. The Morgan fingerprint density at radius 3 is 2.43 bits per heavy atom. The molecule has 0 fully saturated rings. The maximum atomic E-state index is 4.98. The summed E-state index contributed by atoms with van der Waals surface area (Å²) in [7, 11) is 1.76. The lowest BCUT2D eigenvalue weighted by Crippen LogP contribution is -2.36. The molecule has 2 nitrogen and oxygen atoms in total. The van der Waals surface area contributed by atoms with Gasteiger partial charge in [-0.3, -0.25) is 0 Å². The van der Waals surface area contributed by atoms with E-state index in [1.54, 1.807) is 7.11 Å². The van der Waals surface area contributed by atoms with Gasteiger partial charge in [-0.25, -0.2) is 0 Å². The fourth-order valence-electron chi connectivity index (χ4n) is 1.04. The first-order valence-electron chi connectivity index (χ1n) is 5.38. The Bertz CT molecular complexity index is 123. The monoisotopic (exact) mass is 219 g/mol. The normalized spacial score (nSPS) is 12.0. The molecule has 86 valence electrons. The van der Waals surface area contributed by atoms with Crippen molar-refractivity contribution in [3.05, 3.63) is 0 Å². The number of unbranched alkanes of at least 4 members (excludes halogenated alkanes) is 1. The molecule has 0 spiro atoms. The van der Waals surface area contributed by atoms with Gasteiger partial charge in [-0.2, -0.15) is 11.8 Å². The number of nitrogens with one attached hydrogen (secondary N) is 1. The van der Waals surface area contributed by atoms with E-state index in [1.807, 2.05) is 11.8 Å². The van der Waals surface area contributed by atoms with Crippen LogP contribution >= 0.6 is 11.8 Å². The van der Waals surface area contributed by atoms with Crippen molar-refractivity contribution < 1.29 is 4.74 Å². The summed E-state index contributed by atoms with van der Waals surface area (Å²) in [5.41, 5.74) is 0.267. The largest absolute Gasteiger partial charge is 0.384 e. The van der Waals surface area contributed by atoms with E-state index in [-0.39, 0.29) is 5.54 Å². The SMILES string of the molecule is COCCSCCCCNC(C)(C)C. The second-order valence-corrected chi connectivity index (χ2v) is 5.71. The van der Waals surface area contributed by atoms with E-state index in [4.69, 9.17) is 4.74 Å². The Morgan fingerprint density at radius 2 is 1.86 bits per heavy atom. The molecule has 0 aromatic heterocycles. The van der Waals surface area contributed by atoms with Crippen molar-refractivity contribution in [1.82, 2.24) is 5.32 Å². The van der Waals surface area contributed by atoms with Gasteiger partial charge in [0.1, 0.15) is 0 Å². The van der Waals surface area contributed by atoms with Crippen molar-refractivity contribution in [2.45, 2.75) is 39.2 Å². The molecule has 0 amide bonds. The van der Waals surface area contributed by atoms with Crippen LogP contribution in [0.2, 0.25) is 0 Å². The summed E-state index contributed by atoms with van der Waals surface area (Å²) in [5, 5.41) is 3.49. The van der Waals surface area contributed by atoms with Crippen LogP contribution in [0.4, 0.5) is 0 Å². The Hall–Kier alpha value is 0.270. The summed E-state index contributed by atoms with van der Waals surface area (Å²) >= 11 is 1.98. The van der Waals surface area contributed by atoms with E-state index in [9.17, 15) is 0 Å². The van der Waals surface area contributed by atoms with Crippen LogP contribution in [0.5, 0.6) is 0 Å². The highest BCUT2D eigenvalue weighted by Gasteiger charge is 2.06. The number of ether oxygens (including phenoxy) is 1. The van der Waals surface area contributed by atoms with E-state index < -0.39 is 0 Å². The summed E-state index contributed by atoms with van der Waals surface area (Å²) in [6.07, 6.45) is 2.58. The van der Waals surface area contributed by atoms with Crippen LogP contribution in [0.25, 0.3) is 0 Å². The van der Waals surface area contributed by atoms with Crippen LogP contribution in [-0.4, -0.2) is 37.3 Å². The van der Waals surface area contributed by atoms with Gasteiger partial charge < -0.3 is 10.1 Å². The standard InChI is InChI=1S/C11H25NOS/c1-11(2,3)12-7-5-6-9-14-10-8-13-4/h12H,5-10H2,1-4H3. The van der Waals surface area contributed by atoms with Gasteiger partial charge in [0.15, 0.2) is 0 Å². The number of hydrogen-bond donors (Lipinski definition) is 1. The summed E-state index contributed by atoms with van der Waals surface area (Å²) in [5.74, 6) is 2.39. The predicted molar refractivity (Wildman–Crippen MR) is 66.2 cm³/mol. The average molecular weight is 219 g/mol. The minimum absolute atomic E-state index is 0.267. The van der Waals surface area contributed by atoms with Crippen LogP contribution in [-0.2, 0) is 4.74 Å². The van der Waals surface area contributed by atoms with Gasteiger partial charge in [-0.1, -0.05) is 0 Å². The molecular weight excluding hydrogens is 194 g/mol. The van der Waals surface area contributed by atoms with E-state index in [2.05, 4.69) is 26.1 Å². The van der Waals surface area contributed by atoms with Crippen molar-refractivity contribution in [1.29, 1.82) is 0 Å². The summed E-state index contributed by atoms with van der Waals surface area (Å²) < 4.78 is 4.98. The van der Waals surface area contributed by atoms with Gasteiger partial charge in [-0.15, -0.1) is 0 Å². The van der Waals surface area contributed by atoms with Crippen LogP contribution in [0.1, 0.15) is 33.6 Å². The third kappa shape index (κ3) is 12.3. The van der Waals surface area contributed by atoms with Gasteiger partial charge in [0.25, 0.3) is 0 Å². The predicted octanol–water partition coefficient (Wildman–Crippen LogP) is 2.53. The molecule has 0 radical (unpaired) electrons.